The number of rotatable bonds is 12. The van der Waals surface area contributed by atoms with Gasteiger partial charge < -0.3 is 19.7 Å². The van der Waals surface area contributed by atoms with Crippen LogP contribution in [0.4, 0.5) is 0 Å². The van der Waals surface area contributed by atoms with E-state index in [-0.39, 0.29) is 29.1 Å². The van der Waals surface area contributed by atoms with Crippen molar-refractivity contribution in [2.24, 2.45) is 0 Å². The number of aryl methyl sites for hydroxylation is 2. The number of hydrogen-bond acceptors (Lipinski definition) is 8. The number of nitrogens with zero attached hydrogens (tertiary/aromatic N) is 6. The predicted molar refractivity (Wildman–Crippen MR) is 192 cm³/mol. The molecule has 2 heterocycles. The summed E-state index contributed by atoms with van der Waals surface area (Å²) in [4.78, 5) is 3.06. The topological polar surface area (TPSA) is 120 Å². The van der Waals surface area contributed by atoms with Crippen molar-refractivity contribution in [1.29, 1.82) is 0 Å². The van der Waals surface area contributed by atoms with Gasteiger partial charge >= 0.3 is 0 Å². The lowest BCUT2D eigenvalue weighted by atomic mass is 9.84. The molecule has 0 aliphatic heterocycles. The molecule has 0 atom stereocenters. The first kappa shape index (κ1) is 34.1. The van der Waals surface area contributed by atoms with Gasteiger partial charge in [0.05, 0.1) is 0 Å². The summed E-state index contributed by atoms with van der Waals surface area (Å²) in [5, 5.41) is 40.8. The van der Waals surface area contributed by atoms with Crippen molar-refractivity contribution in [3.05, 3.63) is 95.1 Å². The van der Waals surface area contributed by atoms with Crippen LogP contribution in [0.1, 0.15) is 76.6 Å². The highest BCUT2D eigenvalue weighted by Crippen LogP contribution is 2.38. The Morgan fingerprint density at radius 2 is 0.898 bits per heavy atom. The van der Waals surface area contributed by atoms with Gasteiger partial charge in [-0.2, -0.15) is 0 Å². The van der Waals surface area contributed by atoms with E-state index in [0.717, 1.165) is 70.0 Å². The molecule has 0 saturated heterocycles. The molecule has 0 spiro atoms. The molecule has 6 rings (SSSR count). The Balaban J connectivity index is 1.02. The molecule has 0 amide bonds. The summed E-state index contributed by atoms with van der Waals surface area (Å²) in [6.45, 7) is 13.8. The second-order valence-electron chi connectivity index (χ2n) is 14.6. The third kappa shape index (κ3) is 7.76. The van der Waals surface area contributed by atoms with Crippen molar-refractivity contribution >= 4 is 22.1 Å². The van der Waals surface area contributed by atoms with Gasteiger partial charge in [0.2, 0.25) is 0 Å². The van der Waals surface area contributed by atoms with Gasteiger partial charge in [-0.15, -0.1) is 30.0 Å². The van der Waals surface area contributed by atoms with E-state index in [1.807, 2.05) is 60.7 Å². The Labute approximate surface area is 287 Å². The zero-order valence-corrected chi connectivity index (χ0v) is 29.3. The first-order valence-electron chi connectivity index (χ1n) is 16.9. The monoisotopic (exact) mass is 662 g/mol. The van der Waals surface area contributed by atoms with Crippen LogP contribution in [0.2, 0.25) is 0 Å². The van der Waals surface area contributed by atoms with Crippen molar-refractivity contribution in [2.45, 2.75) is 78.1 Å². The minimum atomic E-state index is -0.257. The Bertz CT molecular complexity index is 1860. The minimum absolute atomic E-state index is 0.200. The van der Waals surface area contributed by atoms with E-state index in [9.17, 15) is 10.2 Å². The Morgan fingerprint density at radius 3 is 1.22 bits per heavy atom. The van der Waals surface area contributed by atoms with Crippen molar-refractivity contribution in [1.82, 2.24) is 30.0 Å². The van der Waals surface area contributed by atoms with Crippen molar-refractivity contribution in [2.75, 3.05) is 20.0 Å². The van der Waals surface area contributed by atoms with Crippen molar-refractivity contribution in [3.63, 3.8) is 0 Å². The second kappa shape index (κ2) is 14.0. The average Bonchev–Trinajstić information content (AvgIpc) is 3.68. The number of hydrogen-bond donors (Lipinski definition) is 2. The molecule has 10 heteroatoms. The average molecular weight is 663 g/mol. The van der Waals surface area contributed by atoms with Gasteiger partial charge in [0, 0.05) is 24.3 Å². The Kier molecular flexibility index (Phi) is 9.72. The van der Waals surface area contributed by atoms with Crippen LogP contribution in [0.3, 0.4) is 0 Å². The summed E-state index contributed by atoms with van der Waals surface area (Å²) >= 11 is 0. The van der Waals surface area contributed by atoms with Crippen LogP contribution in [0, 0.1) is 0 Å². The molecule has 0 fully saturated rings. The van der Waals surface area contributed by atoms with Gasteiger partial charge in [0.25, 0.3) is 0 Å². The van der Waals surface area contributed by atoms with E-state index in [4.69, 9.17) is 9.47 Å². The molecule has 256 valence electrons. The lowest BCUT2D eigenvalue weighted by Gasteiger charge is -2.23. The molecule has 0 saturated carbocycles. The number of benzene rings is 4. The van der Waals surface area contributed by atoms with E-state index in [1.165, 1.54) is 9.59 Å². The fourth-order valence-electron chi connectivity index (χ4n) is 5.96. The van der Waals surface area contributed by atoms with Gasteiger partial charge in [-0.05, 0) is 84.0 Å². The van der Waals surface area contributed by atoms with E-state index < -0.39 is 0 Å². The summed E-state index contributed by atoms with van der Waals surface area (Å²) in [6.07, 6.45) is 3.15. The van der Waals surface area contributed by atoms with Gasteiger partial charge in [0.1, 0.15) is 51.7 Å². The number of ether oxygens (including phenoxy) is 2. The minimum Gasteiger partial charge on any atom is -0.505 e. The molecule has 0 radical (unpaired) electrons. The predicted octanol–water partition coefficient (Wildman–Crippen LogP) is 7.72. The van der Waals surface area contributed by atoms with Crippen LogP contribution in [0.5, 0.6) is 11.5 Å². The van der Waals surface area contributed by atoms with Crippen molar-refractivity contribution < 1.29 is 19.7 Å². The summed E-state index contributed by atoms with van der Waals surface area (Å²) in [5.74, 6) is 0.400. The summed E-state index contributed by atoms with van der Waals surface area (Å²) in [5.41, 5.74) is 7.64. The van der Waals surface area contributed by atoms with Crippen LogP contribution in [0.15, 0.2) is 72.8 Å². The zero-order valence-electron chi connectivity index (χ0n) is 29.3. The first-order chi connectivity index (χ1) is 23.4. The van der Waals surface area contributed by atoms with Crippen LogP contribution in [0.25, 0.3) is 33.4 Å². The van der Waals surface area contributed by atoms with Crippen molar-refractivity contribution in [3.8, 4) is 22.9 Å². The van der Waals surface area contributed by atoms with Gasteiger partial charge in [-0.1, -0.05) is 77.9 Å². The highest BCUT2D eigenvalue weighted by Gasteiger charge is 2.24. The maximum Gasteiger partial charge on any atom is 0.146 e. The fraction of sp³-hybridized carbons (Fsp3) is 0.385. The summed E-state index contributed by atoms with van der Waals surface area (Å²) in [6, 6.07) is 23.4. The maximum atomic E-state index is 11.2. The SMILES string of the molecule is CC(C)(C)c1cc(CCCOCOCCCc2cc(-n3nc4ccccc4n3)c(O)c(C(C)(C)C)c2)cc(-n2nc3ccccc3n2)c1O. The standard InChI is InChI=1S/C39H46N6O4/c1-38(2,3)28-21-26(23-34(36(28)46)44-40-30-15-7-8-16-31(30)41-44)13-11-19-48-25-49-20-12-14-27-22-29(39(4,5)6)37(47)35(24-27)45-42-32-17-9-10-18-33(32)43-45/h7-10,15-18,21-24,46-47H,11-14,19-20,25H2,1-6H3. The Hall–Kier alpha value is -4.80. The third-order valence-corrected chi connectivity index (χ3v) is 8.59. The number of aromatic hydroxyl groups is 2. The van der Waals surface area contributed by atoms with Gasteiger partial charge in [-0.25, -0.2) is 0 Å². The quantitative estimate of drug-likeness (QED) is 0.101. The molecular formula is C39H46N6O4. The van der Waals surface area contributed by atoms with E-state index in [0.29, 0.717) is 24.6 Å². The number of phenolic OH excluding ortho intramolecular Hbond substituents is 2. The molecular weight excluding hydrogens is 616 g/mol. The molecule has 2 N–H and O–H groups in total. The largest absolute Gasteiger partial charge is 0.505 e. The highest BCUT2D eigenvalue weighted by atomic mass is 16.7. The van der Waals surface area contributed by atoms with Crippen LogP contribution in [-0.2, 0) is 33.1 Å². The number of aromatic nitrogens is 6. The summed E-state index contributed by atoms with van der Waals surface area (Å²) in [7, 11) is 0. The second-order valence-corrected chi connectivity index (χ2v) is 14.6. The molecule has 49 heavy (non-hydrogen) atoms. The normalized spacial score (nSPS) is 12.4. The molecule has 0 unspecified atom stereocenters. The smallest absolute Gasteiger partial charge is 0.146 e. The zero-order chi connectivity index (χ0) is 34.8. The highest BCUT2D eigenvalue weighted by molar-refractivity contribution is 5.74. The van der Waals surface area contributed by atoms with Gasteiger partial charge in [0.15, 0.2) is 0 Å². The number of fused-ring (bicyclic) bond motifs is 2. The van der Waals surface area contributed by atoms with Crippen LogP contribution in [-0.4, -0.2) is 60.2 Å². The molecule has 10 nitrogen and oxygen atoms in total. The molecule has 0 aliphatic carbocycles. The lowest BCUT2D eigenvalue weighted by molar-refractivity contribution is -0.0547. The Morgan fingerprint density at radius 1 is 0.551 bits per heavy atom. The first-order valence-corrected chi connectivity index (χ1v) is 16.9. The maximum absolute atomic E-state index is 11.2. The number of phenols is 2. The molecule has 0 bridgehead atoms. The van der Waals surface area contributed by atoms with E-state index >= 15 is 0 Å². The molecule has 0 aliphatic rings. The molecule has 2 aromatic heterocycles. The van der Waals surface area contributed by atoms with Crippen LogP contribution >= 0.6 is 0 Å². The fourth-order valence-corrected chi connectivity index (χ4v) is 5.96. The van der Waals surface area contributed by atoms with E-state index in [1.54, 1.807) is 0 Å². The lowest BCUT2D eigenvalue weighted by Crippen LogP contribution is -2.14. The third-order valence-electron chi connectivity index (χ3n) is 8.59. The summed E-state index contributed by atoms with van der Waals surface area (Å²) < 4.78 is 11.6. The van der Waals surface area contributed by atoms with Crippen LogP contribution < -0.4 is 0 Å². The molecule has 4 aromatic carbocycles. The molecule has 6 aromatic rings. The van der Waals surface area contributed by atoms with Gasteiger partial charge in [-0.3, -0.25) is 0 Å². The van der Waals surface area contributed by atoms with E-state index in [2.05, 4.69) is 74.1 Å².